The predicted molar refractivity (Wildman–Crippen MR) is 91.9 cm³/mol. The van der Waals surface area contributed by atoms with Crippen LogP contribution in [0.15, 0.2) is 36.9 Å². The molecule has 1 aromatic carbocycles. The molecule has 1 unspecified atom stereocenters. The average molecular weight is 289 g/mol. The van der Waals surface area contributed by atoms with Gasteiger partial charge in [-0.15, -0.1) is 6.58 Å². The first-order chi connectivity index (χ1) is 10.3. The smallest absolute Gasteiger partial charge is 0.119 e. The summed E-state index contributed by atoms with van der Waals surface area (Å²) in [6.07, 6.45) is 10.4. The average Bonchev–Trinajstić information content (AvgIpc) is 2.52. The molecule has 21 heavy (non-hydrogen) atoms. The Hall–Kier alpha value is -1.28. The molecule has 0 aliphatic heterocycles. The van der Waals surface area contributed by atoms with Crippen molar-refractivity contribution in [1.29, 1.82) is 0 Å². The minimum Gasteiger partial charge on any atom is -0.494 e. The second kappa shape index (κ2) is 11.4. The largest absolute Gasteiger partial charge is 0.494 e. The molecule has 0 fully saturated rings. The lowest BCUT2D eigenvalue weighted by atomic mass is 10.00. The zero-order valence-electron chi connectivity index (χ0n) is 13.7. The molecule has 1 N–H and O–H groups in total. The van der Waals surface area contributed by atoms with Gasteiger partial charge < -0.3 is 10.1 Å². The predicted octanol–water partition coefficient (Wildman–Crippen LogP) is 5.26. The third-order valence-electron chi connectivity index (χ3n) is 3.80. The number of allylic oxidation sites excluding steroid dienone is 1. The van der Waals surface area contributed by atoms with Crippen LogP contribution in [-0.2, 0) is 0 Å². The Bertz CT molecular complexity index is 372. The monoisotopic (exact) mass is 289 g/mol. The first kappa shape index (κ1) is 17.8. The molecule has 1 atom stereocenters. The first-order valence-electron chi connectivity index (χ1n) is 8.32. The van der Waals surface area contributed by atoms with Crippen molar-refractivity contribution in [3.8, 4) is 5.75 Å². The summed E-state index contributed by atoms with van der Waals surface area (Å²) in [5.41, 5.74) is 1.35. The minimum atomic E-state index is 0.443. The van der Waals surface area contributed by atoms with Crippen molar-refractivity contribution in [1.82, 2.24) is 5.32 Å². The van der Waals surface area contributed by atoms with Crippen molar-refractivity contribution >= 4 is 0 Å². The Morgan fingerprint density at radius 3 is 2.52 bits per heavy atom. The molecule has 0 saturated carbocycles. The topological polar surface area (TPSA) is 21.3 Å². The van der Waals surface area contributed by atoms with Crippen molar-refractivity contribution in [2.45, 2.75) is 57.9 Å². The Morgan fingerprint density at radius 1 is 1.14 bits per heavy atom. The molecule has 0 spiro atoms. The lowest BCUT2D eigenvalue weighted by Gasteiger charge is -2.17. The summed E-state index contributed by atoms with van der Waals surface area (Å²) in [6.45, 7) is 6.76. The molecular formula is C19H31NO. The van der Waals surface area contributed by atoms with Crippen LogP contribution >= 0.6 is 0 Å². The van der Waals surface area contributed by atoms with Crippen LogP contribution in [0.1, 0.15) is 63.5 Å². The van der Waals surface area contributed by atoms with Gasteiger partial charge in [-0.1, -0.05) is 44.4 Å². The summed E-state index contributed by atoms with van der Waals surface area (Å²) in [7, 11) is 2.04. The molecule has 0 radical (unpaired) electrons. The van der Waals surface area contributed by atoms with Crippen LogP contribution in [0.3, 0.4) is 0 Å². The van der Waals surface area contributed by atoms with Crippen LogP contribution in [0.5, 0.6) is 5.75 Å². The third kappa shape index (κ3) is 7.33. The van der Waals surface area contributed by atoms with Crippen LogP contribution in [0.25, 0.3) is 0 Å². The summed E-state index contributed by atoms with van der Waals surface area (Å²) >= 11 is 0. The number of ether oxygens (including phenoxy) is 1. The van der Waals surface area contributed by atoms with Crippen molar-refractivity contribution in [3.05, 3.63) is 42.5 Å². The highest BCUT2D eigenvalue weighted by atomic mass is 16.5. The van der Waals surface area contributed by atoms with Gasteiger partial charge in [0.25, 0.3) is 0 Å². The van der Waals surface area contributed by atoms with Crippen molar-refractivity contribution in [3.63, 3.8) is 0 Å². The fourth-order valence-corrected chi connectivity index (χ4v) is 2.42. The van der Waals surface area contributed by atoms with Gasteiger partial charge >= 0.3 is 0 Å². The molecule has 0 aliphatic rings. The van der Waals surface area contributed by atoms with Gasteiger partial charge in [0, 0.05) is 6.04 Å². The Balaban J connectivity index is 2.39. The Morgan fingerprint density at radius 2 is 1.90 bits per heavy atom. The van der Waals surface area contributed by atoms with Gasteiger partial charge in [0.15, 0.2) is 0 Å². The quantitative estimate of drug-likeness (QED) is 0.418. The van der Waals surface area contributed by atoms with E-state index < -0.39 is 0 Å². The standard InChI is InChI=1S/C19H31NO/c1-4-6-8-9-10-11-19(20-3)17-12-14-18(15-13-17)21-16-7-5-2/h4,12-15,19-20H,1,5-11,16H2,2-3H3. The zero-order chi connectivity index (χ0) is 15.3. The van der Waals surface area contributed by atoms with Gasteiger partial charge in [-0.05, 0) is 50.4 Å². The SMILES string of the molecule is C=CCCCCCC(NC)c1ccc(OCCCC)cc1. The molecule has 0 bridgehead atoms. The van der Waals surface area contributed by atoms with Crippen LogP contribution < -0.4 is 10.1 Å². The van der Waals surface area contributed by atoms with Gasteiger partial charge in [0.1, 0.15) is 5.75 Å². The van der Waals surface area contributed by atoms with E-state index in [1.54, 1.807) is 0 Å². The highest BCUT2D eigenvalue weighted by molar-refractivity contribution is 5.29. The minimum absolute atomic E-state index is 0.443. The molecule has 0 saturated heterocycles. The molecule has 118 valence electrons. The van der Waals surface area contributed by atoms with E-state index in [1.807, 2.05) is 13.1 Å². The number of rotatable bonds is 12. The molecule has 0 aromatic heterocycles. The summed E-state index contributed by atoms with van der Waals surface area (Å²) in [5, 5.41) is 3.42. The molecule has 1 rings (SSSR count). The second-order valence-electron chi connectivity index (χ2n) is 5.54. The van der Waals surface area contributed by atoms with Crippen molar-refractivity contribution < 1.29 is 4.74 Å². The number of unbranched alkanes of at least 4 members (excludes halogenated alkanes) is 4. The Labute approximate surface area is 130 Å². The number of benzene rings is 1. The van der Waals surface area contributed by atoms with E-state index in [4.69, 9.17) is 4.74 Å². The maximum atomic E-state index is 5.71. The van der Waals surface area contributed by atoms with E-state index >= 15 is 0 Å². The van der Waals surface area contributed by atoms with Crippen molar-refractivity contribution in [2.24, 2.45) is 0 Å². The van der Waals surface area contributed by atoms with E-state index in [9.17, 15) is 0 Å². The van der Waals surface area contributed by atoms with Crippen LogP contribution in [0.4, 0.5) is 0 Å². The number of hydrogen-bond donors (Lipinski definition) is 1. The summed E-state index contributed by atoms with van der Waals surface area (Å²) < 4.78 is 5.71. The first-order valence-corrected chi connectivity index (χ1v) is 8.32. The molecule has 1 aromatic rings. The van der Waals surface area contributed by atoms with Gasteiger partial charge in [-0.25, -0.2) is 0 Å². The van der Waals surface area contributed by atoms with E-state index in [0.29, 0.717) is 6.04 Å². The van der Waals surface area contributed by atoms with Crippen LogP contribution in [0.2, 0.25) is 0 Å². The summed E-state index contributed by atoms with van der Waals surface area (Å²) in [5.74, 6) is 0.980. The Kier molecular flexibility index (Phi) is 9.64. The third-order valence-corrected chi connectivity index (χ3v) is 3.80. The fraction of sp³-hybridized carbons (Fsp3) is 0.579. The highest BCUT2D eigenvalue weighted by Gasteiger charge is 2.08. The second-order valence-corrected chi connectivity index (χ2v) is 5.54. The zero-order valence-corrected chi connectivity index (χ0v) is 13.7. The molecule has 0 heterocycles. The maximum Gasteiger partial charge on any atom is 0.119 e. The van der Waals surface area contributed by atoms with Gasteiger partial charge in [-0.3, -0.25) is 0 Å². The molecule has 2 nitrogen and oxygen atoms in total. The summed E-state index contributed by atoms with van der Waals surface area (Å²) in [4.78, 5) is 0. The molecule has 0 aliphatic carbocycles. The number of hydrogen-bond acceptors (Lipinski definition) is 2. The van der Waals surface area contributed by atoms with Crippen LogP contribution in [0, 0.1) is 0 Å². The van der Waals surface area contributed by atoms with Gasteiger partial charge in [0.05, 0.1) is 6.61 Å². The van der Waals surface area contributed by atoms with Crippen molar-refractivity contribution in [2.75, 3.05) is 13.7 Å². The lowest BCUT2D eigenvalue weighted by molar-refractivity contribution is 0.309. The summed E-state index contributed by atoms with van der Waals surface area (Å²) in [6, 6.07) is 9.00. The van der Waals surface area contributed by atoms with E-state index in [2.05, 4.69) is 43.1 Å². The van der Waals surface area contributed by atoms with E-state index in [-0.39, 0.29) is 0 Å². The number of nitrogens with one attached hydrogen (secondary N) is 1. The van der Waals surface area contributed by atoms with E-state index in [1.165, 1.54) is 37.7 Å². The van der Waals surface area contributed by atoms with E-state index in [0.717, 1.165) is 25.2 Å². The molecular weight excluding hydrogens is 258 g/mol. The van der Waals surface area contributed by atoms with Crippen LogP contribution in [-0.4, -0.2) is 13.7 Å². The normalized spacial score (nSPS) is 12.1. The highest BCUT2D eigenvalue weighted by Crippen LogP contribution is 2.22. The van der Waals surface area contributed by atoms with Gasteiger partial charge in [0.2, 0.25) is 0 Å². The fourth-order valence-electron chi connectivity index (χ4n) is 2.42. The molecule has 2 heteroatoms. The van der Waals surface area contributed by atoms with Gasteiger partial charge in [-0.2, -0.15) is 0 Å². The lowest BCUT2D eigenvalue weighted by Crippen LogP contribution is -2.16. The molecule has 0 amide bonds. The maximum absolute atomic E-state index is 5.71.